The maximum absolute atomic E-state index is 13.7. The monoisotopic (exact) mass is 366 g/mol. The number of nitrogens with zero attached hydrogens (tertiary/aromatic N) is 3. The molecule has 2 heterocycles. The van der Waals surface area contributed by atoms with E-state index in [0.29, 0.717) is 34.7 Å². The quantitative estimate of drug-likeness (QED) is 0.619. The van der Waals surface area contributed by atoms with Crippen molar-refractivity contribution in [2.45, 2.75) is 33.7 Å². The third kappa shape index (κ3) is 4.91. The van der Waals surface area contributed by atoms with Crippen LogP contribution >= 0.6 is 0 Å². The minimum atomic E-state index is -0.305. The second-order valence-corrected chi connectivity index (χ2v) is 6.86. The van der Waals surface area contributed by atoms with Crippen molar-refractivity contribution in [1.29, 1.82) is 0 Å². The summed E-state index contributed by atoms with van der Waals surface area (Å²) in [5.74, 6) is 1.72. The first kappa shape index (κ1) is 18.6. The summed E-state index contributed by atoms with van der Waals surface area (Å²) in [5, 5.41) is 6.42. The summed E-state index contributed by atoms with van der Waals surface area (Å²) >= 11 is 0. The number of benzene rings is 1. The molecule has 0 aliphatic rings. The van der Waals surface area contributed by atoms with Crippen LogP contribution in [0.3, 0.4) is 0 Å². The van der Waals surface area contributed by atoms with Gasteiger partial charge in [-0.3, -0.25) is 0 Å². The van der Waals surface area contributed by atoms with Crippen LogP contribution in [-0.4, -0.2) is 21.0 Å². The second kappa shape index (κ2) is 7.57. The summed E-state index contributed by atoms with van der Waals surface area (Å²) in [6.07, 6.45) is 0. The molecular formula is C20H23FN6. The van der Waals surface area contributed by atoms with Gasteiger partial charge in [0.2, 0.25) is 0 Å². The Kier molecular flexibility index (Phi) is 5.21. The fourth-order valence-electron chi connectivity index (χ4n) is 2.76. The van der Waals surface area contributed by atoms with Gasteiger partial charge in [0.25, 0.3) is 0 Å². The summed E-state index contributed by atoms with van der Waals surface area (Å²) in [6.45, 7) is 7.82. The van der Waals surface area contributed by atoms with E-state index in [-0.39, 0.29) is 11.9 Å². The number of aryl methyl sites for hydroxylation is 2. The Morgan fingerprint density at radius 3 is 2.26 bits per heavy atom. The highest BCUT2D eigenvalue weighted by Gasteiger charge is 2.11. The molecular weight excluding hydrogens is 343 g/mol. The van der Waals surface area contributed by atoms with Gasteiger partial charge in [0.15, 0.2) is 5.82 Å². The van der Waals surface area contributed by atoms with Crippen LogP contribution in [0.4, 0.5) is 27.5 Å². The Labute approximate surface area is 158 Å². The molecule has 3 aromatic rings. The van der Waals surface area contributed by atoms with Crippen LogP contribution in [0.1, 0.15) is 25.0 Å². The summed E-state index contributed by atoms with van der Waals surface area (Å²) in [7, 11) is 0. The van der Waals surface area contributed by atoms with E-state index < -0.39 is 0 Å². The lowest BCUT2D eigenvalue weighted by molar-refractivity contribution is 0.627. The molecule has 4 N–H and O–H groups in total. The lowest BCUT2D eigenvalue weighted by Gasteiger charge is -2.14. The zero-order chi connectivity index (χ0) is 19.6. The predicted octanol–water partition coefficient (Wildman–Crippen LogP) is 4.44. The number of nitrogens with two attached hydrogens (primary N) is 1. The number of nitrogen functional groups attached to an aromatic ring is 1. The summed E-state index contributed by atoms with van der Waals surface area (Å²) in [6, 6.07) is 10.4. The SMILES string of the molecule is Cc1cc(F)cc(Nc2cc(NC(C)C)nc(-c3cc(C)cc(N)n3)n2)c1. The van der Waals surface area contributed by atoms with Crippen molar-refractivity contribution in [2.24, 2.45) is 0 Å². The lowest BCUT2D eigenvalue weighted by atomic mass is 10.2. The van der Waals surface area contributed by atoms with E-state index in [1.807, 2.05) is 39.8 Å². The van der Waals surface area contributed by atoms with Gasteiger partial charge in [-0.15, -0.1) is 0 Å². The Balaban J connectivity index is 2.04. The first-order valence-electron chi connectivity index (χ1n) is 8.73. The number of rotatable bonds is 5. The molecule has 0 bridgehead atoms. The normalized spacial score (nSPS) is 10.9. The van der Waals surface area contributed by atoms with Gasteiger partial charge in [0, 0.05) is 17.8 Å². The fourth-order valence-corrected chi connectivity index (χ4v) is 2.76. The first-order chi connectivity index (χ1) is 12.8. The summed E-state index contributed by atoms with van der Waals surface area (Å²) in [4.78, 5) is 13.4. The van der Waals surface area contributed by atoms with E-state index in [1.165, 1.54) is 12.1 Å². The number of hydrogen-bond acceptors (Lipinski definition) is 6. The number of anilines is 4. The minimum Gasteiger partial charge on any atom is -0.384 e. The molecule has 6 nitrogen and oxygen atoms in total. The molecule has 0 atom stereocenters. The zero-order valence-electron chi connectivity index (χ0n) is 15.8. The van der Waals surface area contributed by atoms with Crippen LogP contribution in [0.25, 0.3) is 11.5 Å². The van der Waals surface area contributed by atoms with Crippen LogP contribution in [0.15, 0.2) is 36.4 Å². The van der Waals surface area contributed by atoms with Gasteiger partial charge >= 0.3 is 0 Å². The fraction of sp³-hybridized carbons (Fsp3) is 0.250. The Bertz CT molecular complexity index is 930. The van der Waals surface area contributed by atoms with Crippen molar-refractivity contribution >= 4 is 23.1 Å². The molecule has 0 spiro atoms. The van der Waals surface area contributed by atoms with Crippen LogP contribution in [0.5, 0.6) is 0 Å². The molecule has 0 aliphatic carbocycles. The smallest absolute Gasteiger partial charge is 0.182 e. The molecule has 1 aromatic carbocycles. The number of nitrogens with one attached hydrogen (secondary N) is 2. The van der Waals surface area contributed by atoms with Crippen molar-refractivity contribution < 1.29 is 4.39 Å². The largest absolute Gasteiger partial charge is 0.384 e. The Morgan fingerprint density at radius 1 is 0.889 bits per heavy atom. The van der Waals surface area contributed by atoms with Crippen molar-refractivity contribution in [3.05, 3.63) is 53.3 Å². The highest BCUT2D eigenvalue weighted by molar-refractivity contribution is 5.65. The molecule has 7 heteroatoms. The molecule has 0 saturated carbocycles. The molecule has 0 fully saturated rings. The van der Waals surface area contributed by atoms with E-state index >= 15 is 0 Å². The van der Waals surface area contributed by atoms with E-state index in [9.17, 15) is 4.39 Å². The topological polar surface area (TPSA) is 88.8 Å². The van der Waals surface area contributed by atoms with E-state index in [4.69, 9.17) is 5.73 Å². The molecule has 0 amide bonds. The maximum atomic E-state index is 13.7. The number of halogens is 1. The average Bonchev–Trinajstić information content (AvgIpc) is 2.52. The van der Waals surface area contributed by atoms with Crippen molar-refractivity contribution in [3.8, 4) is 11.5 Å². The van der Waals surface area contributed by atoms with E-state index in [0.717, 1.165) is 11.1 Å². The number of hydrogen-bond donors (Lipinski definition) is 3. The molecule has 0 unspecified atom stereocenters. The van der Waals surface area contributed by atoms with Crippen LogP contribution in [0.2, 0.25) is 0 Å². The molecule has 27 heavy (non-hydrogen) atoms. The Morgan fingerprint density at radius 2 is 1.59 bits per heavy atom. The predicted molar refractivity (Wildman–Crippen MR) is 108 cm³/mol. The Hall–Kier alpha value is -3.22. The molecule has 140 valence electrons. The van der Waals surface area contributed by atoms with Crippen molar-refractivity contribution in [1.82, 2.24) is 15.0 Å². The van der Waals surface area contributed by atoms with Gasteiger partial charge in [0.05, 0.1) is 0 Å². The second-order valence-electron chi connectivity index (χ2n) is 6.86. The minimum absolute atomic E-state index is 0.188. The van der Waals surface area contributed by atoms with E-state index in [1.54, 1.807) is 12.1 Å². The van der Waals surface area contributed by atoms with Gasteiger partial charge in [0.1, 0.15) is 29.0 Å². The standard InChI is InChI=1S/C20H23FN6/c1-11(2)23-18-10-19(24-15-6-12(3)5-14(21)9-15)27-20(26-18)16-7-13(4)8-17(22)25-16/h5-11H,1-4H3,(H2,22,25)(H2,23,24,26,27). The lowest BCUT2D eigenvalue weighted by Crippen LogP contribution is -2.12. The van der Waals surface area contributed by atoms with Crippen LogP contribution < -0.4 is 16.4 Å². The van der Waals surface area contributed by atoms with E-state index in [2.05, 4.69) is 25.6 Å². The average molecular weight is 366 g/mol. The summed E-state index contributed by atoms with van der Waals surface area (Å²) in [5.41, 5.74) is 8.86. The van der Waals surface area contributed by atoms with Gasteiger partial charge in [-0.05, 0) is 69.2 Å². The van der Waals surface area contributed by atoms with Crippen LogP contribution in [0, 0.1) is 19.7 Å². The van der Waals surface area contributed by atoms with Gasteiger partial charge in [-0.2, -0.15) is 0 Å². The molecule has 0 radical (unpaired) electrons. The van der Waals surface area contributed by atoms with Gasteiger partial charge < -0.3 is 16.4 Å². The molecule has 3 rings (SSSR count). The number of pyridine rings is 1. The third-order valence-electron chi connectivity index (χ3n) is 3.70. The third-order valence-corrected chi connectivity index (χ3v) is 3.70. The molecule has 0 saturated heterocycles. The van der Waals surface area contributed by atoms with Crippen LogP contribution in [-0.2, 0) is 0 Å². The first-order valence-corrected chi connectivity index (χ1v) is 8.73. The zero-order valence-corrected chi connectivity index (χ0v) is 15.8. The molecule has 2 aromatic heterocycles. The van der Waals surface area contributed by atoms with Crippen molar-refractivity contribution in [3.63, 3.8) is 0 Å². The molecule has 0 aliphatic heterocycles. The highest BCUT2D eigenvalue weighted by atomic mass is 19.1. The van der Waals surface area contributed by atoms with Crippen molar-refractivity contribution in [2.75, 3.05) is 16.4 Å². The number of aromatic nitrogens is 3. The van der Waals surface area contributed by atoms with Gasteiger partial charge in [-0.1, -0.05) is 0 Å². The maximum Gasteiger partial charge on any atom is 0.182 e. The van der Waals surface area contributed by atoms with Gasteiger partial charge in [-0.25, -0.2) is 19.3 Å². The highest BCUT2D eigenvalue weighted by Crippen LogP contribution is 2.24. The summed E-state index contributed by atoms with van der Waals surface area (Å²) < 4.78 is 13.7.